The van der Waals surface area contributed by atoms with Gasteiger partial charge in [-0.05, 0) is 85.1 Å². The van der Waals surface area contributed by atoms with Crippen LogP contribution in [0.25, 0.3) is 37.0 Å². The van der Waals surface area contributed by atoms with Crippen molar-refractivity contribution in [2.75, 3.05) is 24.7 Å². The molecule has 5 aromatic rings. The van der Waals surface area contributed by atoms with Crippen LogP contribution in [0.1, 0.15) is 37.1 Å². The van der Waals surface area contributed by atoms with Gasteiger partial charge in [-0.1, -0.05) is 36.4 Å². The fraction of sp³-hybridized carbons (Fsp3) is 0.229. The monoisotopic (exact) mass is 627 g/mol. The average Bonchev–Trinajstić information content (AvgIpc) is 3.71. The lowest BCUT2D eigenvalue weighted by molar-refractivity contribution is -0.438. The van der Waals surface area contributed by atoms with E-state index in [1.165, 1.54) is 47.1 Å². The number of thiophene rings is 2. The van der Waals surface area contributed by atoms with E-state index in [-0.39, 0.29) is 11.2 Å². The third kappa shape index (κ3) is 6.10. The summed E-state index contributed by atoms with van der Waals surface area (Å²) in [4.78, 5) is 4.93. The molecule has 3 aromatic carbocycles. The van der Waals surface area contributed by atoms with Crippen LogP contribution in [-0.4, -0.2) is 42.6 Å². The number of anilines is 1. The Hall–Kier alpha value is -3.56. The van der Waals surface area contributed by atoms with E-state index >= 15 is 0 Å². The molecule has 6 rings (SSSR count). The van der Waals surface area contributed by atoms with Crippen LogP contribution in [0, 0.1) is 0 Å². The van der Waals surface area contributed by atoms with E-state index in [0.29, 0.717) is 19.4 Å². The van der Waals surface area contributed by atoms with Gasteiger partial charge in [0, 0.05) is 56.4 Å². The van der Waals surface area contributed by atoms with Gasteiger partial charge in [-0.25, -0.2) is 0 Å². The first-order valence-electron chi connectivity index (χ1n) is 14.4. The zero-order chi connectivity index (χ0) is 30.2. The summed E-state index contributed by atoms with van der Waals surface area (Å²) in [6, 6.07) is 30.1. The van der Waals surface area contributed by atoms with E-state index in [9.17, 15) is 13.0 Å². The second kappa shape index (κ2) is 11.8. The minimum absolute atomic E-state index is 0.219. The molecular formula is C35H35N2O3S3+. The van der Waals surface area contributed by atoms with Gasteiger partial charge in [-0.2, -0.15) is 13.0 Å². The molecule has 1 aliphatic heterocycles. The first-order chi connectivity index (χ1) is 20.6. The maximum absolute atomic E-state index is 11.3. The molecule has 220 valence electrons. The molecule has 8 heteroatoms. The fourth-order valence-electron chi connectivity index (χ4n) is 5.99. The SMILES string of the molecule is CNc1ccc(-c2ccc(-c3ccc(/C=C/C4=[N+](CCCCS(=O)(=O)O)c5ccc6ccccc6c5C4(C)C)s3)s2)cc1. The van der Waals surface area contributed by atoms with Crippen molar-refractivity contribution in [1.29, 1.82) is 0 Å². The summed E-state index contributed by atoms with van der Waals surface area (Å²) < 4.78 is 34.2. The van der Waals surface area contributed by atoms with Crippen molar-refractivity contribution in [3.8, 4) is 20.2 Å². The molecule has 0 fully saturated rings. The molecule has 2 aromatic heterocycles. The molecule has 43 heavy (non-hydrogen) atoms. The Morgan fingerprint density at radius 3 is 2.33 bits per heavy atom. The van der Waals surface area contributed by atoms with E-state index in [2.05, 4.69) is 121 Å². The van der Waals surface area contributed by atoms with E-state index in [0.717, 1.165) is 11.4 Å². The van der Waals surface area contributed by atoms with Crippen LogP contribution in [0.15, 0.2) is 91.0 Å². The number of allylic oxidation sites excluding steroid dienone is 1. The third-order valence-electron chi connectivity index (χ3n) is 8.13. The number of hydrogen-bond donors (Lipinski definition) is 2. The molecule has 0 unspecified atom stereocenters. The predicted molar refractivity (Wildman–Crippen MR) is 184 cm³/mol. The lowest BCUT2D eigenvalue weighted by Crippen LogP contribution is -2.28. The second-order valence-electron chi connectivity index (χ2n) is 11.4. The molecule has 0 amide bonds. The number of fused-ring (bicyclic) bond motifs is 3. The number of benzene rings is 3. The van der Waals surface area contributed by atoms with Gasteiger partial charge in [0.25, 0.3) is 10.1 Å². The van der Waals surface area contributed by atoms with Crippen LogP contribution < -0.4 is 5.32 Å². The Bertz CT molecular complexity index is 1960. The molecular weight excluding hydrogens is 593 g/mol. The van der Waals surface area contributed by atoms with Crippen molar-refractivity contribution < 1.29 is 17.5 Å². The largest absolute Gasteiger partial charge is 0.388 e. The molecule has 0 bridgehead atoms. The van der Waals surface area contributed by atoms with Crippen molar-refractivity contribution in [2.45, 2.75) is 32.1 Å². The second-order valence-corrected chi connectivity index (χ2v) is 15.1. The van der Waals surface area contributed by atoms with E-state index in [1.54, 1.807) is 22.7 Å². The highest BCUT2D eigenvalue weighted by atomic mass is 32.2. The summed E-state index contributed by atoms with van der Waals surface area (Å²) >= 11 is 3.59. The number of rotatable bonds is 10. The smallest absolute Gasteiger partial charge is 0.264 e. The summed E-state index contributed by atoms with van der Waals surface area (Å²) in [5.74, 6) is -0.219. The van der Waals surface area contributed by atoms with Gasteiger partial charge in [0.1, 0.15) is 6.54 Å². The van der Waals surface area contributed by atoms with E-state index in [4.69, 9.17) is 0 Å². The standard InChI is InChI=1S/C35H34N2O3S3/c1-35(2)33(37(22-6-7-23-43(38,39)40)29-17-12-24-8-4-5-9-28(24)34(29)35)21-16-27-15-18-31(41-27)32-20-19-30(42-32)25-10-13-26(36-3)14-11-25/h4-5,8-21H,6-7,22-23H2,1-3H3,(H,38,39,40)/p+1. The van der Waals surface area contributed by atoms with Gasteiger partial charge in [-0.15, -0.1) is 22.7 Å². The van der Waals surface area contributed by atoms with Crippen molar-refractivity contribution in [1.82, 2.24) is 0 Å². The van der Waals surface area contributed by atoms with Crippen LogP contribution in [0.3, 0.4) is 0 Å². The molecule has 0 spiro atoms. The van der Waals surface area contributed by atoms with Crippen LogP contribution in [0.4, 0.5) is 11.4 Å². The first-order valence-corrected chi connectivity index (χ1v) is 17.7. The zero-order valence-corrected chi connectivity index (χ0v) is 27.0. The average molecular weight is 628 g/mol. The maximum Gasteiger partial charge on any atom is 0.264 e. The van der Waals surface area contributed by atoms with Crippen molar-refractivity contribution in [2.24, 2.45) is 0 Å². The number of unbranched alkanes of at least 4 members (excludes halogenated alkanes) is 1. The maximum atomic E-state index is 11.3. The Morgan fingerprint density at radius 1 is 0.837 bits per heavy atom. The molecule has 0 aliphatic carbocycles. The Morgan fingerprint density at radius 2 is 1.56 bits per heavy atom. The quantitative estimate of drug-likeness (QED) is 0.0921. The molecule has 0 saturated carbocycles. The molecule has 3 heterocycles. The third-order valence-corrected chi connectivity index (χ3v) is 11.3. The van der Waals surface area contributed by atoms with Crippen LogP contribution >= 0.6 is 22.7 Å². The molecule has 0 saturated heterocycles. The summed E-state index contributed by atoms with van der Waals surface area (Å²) in [7, 11) is -2.04. The van der Waals surface area contributed by atoms with Gasteiger partial charge in [-0.3, -0.25) is 4.55 Å². The molecule has 2 N–H and O–H groups in total. The lowest BCUT2D eigenvalue weighted by Gasteiger charge is -2.17. The van der Waals surface area contributed by atoms with E-state index < -0.39 is 10.1 Å². The van der Waals surface area contributed by atoms with Gasteiger partial charge in [0.05, 0.1) is 11.2 Å². The summed E-state index contributed by atoms with van der Waals surface area (Å²) in [5.41, 5.74) is 5.71. The topological polar surface area (TPSA) is 69.4 Å². The highest BCUT2D eigenvalue weighted by Crippen LogP contribution is 2.45. The lowest BCUT2D eigenvalue weighted by atomic mass is 9.79. The minimum Gasteiger partial charge on any atom is -0.388 e. The summed E-state index contributed by atoms with van der Waals surface area (Å²) in [6.45, 7) is 5.21. The summed E-state index contributed by atoms with van der Waals surface area (Å²) in [6.07, 6.45) is 5.50. The van der Waals surface area contributed by atoms with Gasteiger partial charge < -0.3 is 5.32 Å². The van der Waals surface area contributed by atoms with Gasteiger partial charge in [0.15, 0.2) is 5.71 Å². The highest BCUT2D eigenvalue weighted by molar-refractivity contribution is 7.85. The zero-order valence-electron chi connectivity index (χ0n) is 24.5. The van der Waals surface area contributed by atoms with Crippen LogP contribution in [0.5, 0.6) is 0 Å². The highest BCUT2D eigenvalue weighted by Gasteiger charge is 2.45. The van der Waals surface area contributed by atoms with Crippen molar-refractivity contribution in [3.63, 3.8) is 0 Å². The van der Waals surface area contributed by atoms with Crippen LogP contribution in [-0.2, 0) is 15.5 Å². The number of nitrogens with one attached hydrogen (secondary N) is 1. The Kier molecular flexibility index (Phi) is 8.13. The van der Waals surface area contributed by atoms with Gasteiger partial charge >= 0.3 is 0 Å². The number of nitrogens with zero attached hydrogens (tertiary/aromatic N) is 1. The van der Waals surface area contributed by atoms with E-state index in [1.807, 2.05) is 7.05 Å². The van der Waals surface area contributed by atoms with Crippen molar-refractivity contribution >= 4 is 66.7 Å². The van der Waals surface area contributed by atoms with Gasteiger partial charge in [0.2, 0.25) is 5.69 Å². The molecule has 1 aliphatic rings. The number of hydrogen-bond acceptors (Lipinski definition) is 5. The van der Waals surface area contributed by atoms with Crippen LogP contribution in [0.2, 0.25) is 0 Å². The Balaban J connectivity index is 1.29. The molecule has 0 radical (unpaired) electrons. The Labute approximate surface area is 261 Å². The fourth-order valence-corrected chi connectivity index (χ4v) is 8.57. The minimum atomic E-state index is -3.97. The normalized spacial score (nSPS) is 14.6. The first kappa shape index (κ1) is 29.5. The predicted octanol–water partition coefficient (Wildman–Crippen LogP) is 9.10. The van der Waals surface area contributed by atoms with Crippen molar-refractivity contribution in [3.05, 3.63) is 101 Å². The molecule has 5 nitrogen and oxygen atoms in total. The summed E-state index contributed by atoms with van der Waals surface area (Å²) in [5, 5.41) is 5.62. The molecule has 0 atom stereocenters.